The molecule has 1 heterocycles. The van der Waals surface area contributed by atoms with Crippen molar-refractivity contribution in [3.8, 4) is 0 Å². The van der Waals surface area contributed by atoms with Crippen molar-refractivity contribution in [1.82, 2.24) is 4.90 Å². The number of aliphatic hydroxyl groups is 1. The molecule has 0 saturated heterocycles. The van der Waals surface area contributed by atoms with E-state index in [1.807, 2.05) is 44.2 Å². The molecule has 2 rings (SSSR count). The number of likely N-dealkylation sites (N-methyl/N-ethyl adjacent to an activating group) is 1. The molecule has 0 aliphatic carbocycles. The van der Waals surface area contributed by atoms with E-state index >= 15 is 0 Å². The number of hydrogen-bond acceptors (Lipinski definition) is 4. The van der Waals surface area contributed by atoms with Crippen LogP contribution in [0.1, 0.15) is 19.4 Å². The third kappa shape index (κ3) is 3.04. The molecule has 0 fully saturated rings. The van der Waals surface area contributed by atoms with E-state index in [2.05, 4.69) is 4.99 Å². The van der Waals surface area contributed by atoms with Crippen molar-refractivity contribution in [3.05, 3.63) is 35.9 Å². The number of rotatable bonds is 4. The Balaban J connectivity index is 2.12. The van der Waals surface area contributed by atoms with Crippen LogP contribution < -0.4 is 0 Å². The molecule has 1 N–H and O–H groups in total. The van der Waals surface area contributed by atoms with Gasteiger partial charge in [0.1, 0.15) is 6.04 Å². The summed E-state index contributed by atoms with van der Waals surface area (Å²) in [7, 11) is 1.72. The lowest BCUT2D eigenvalue weighted by Crippen LogP contribution is -2.51. The molecular weight excluding hydrogens is 272 g/mol. The summed E-state index contributed by atoms with van der Waals surface area (Å²) in [5.74, 6) is 0.622. The molecule has 0 spiro atoms. The van der Waals surface area contributed by atoms with Crippen LogP contribution in [-0.4, -0.2) is 51.9 Å². The predicted molar refractivity (Wildman–Crippen MR) is 83.2 cm³/mol. The highest BCUT2D eigenvalue weighted by molar-refractivity contribution is 8.14. The molecule has 1 amide bonds. The average molecular weight is 292 g/mol. The van der Waals surface area contributed by atoms with Crippen LogP contribution in [0.5, 0.6) is 0 Å². The Bertz CT molecular complexity index is 514. The minimum absolute atomic E-state index is 0.0394. The van der Waals surface area contributed by atoms with Crippen LogP contribution in [0.4, 0.5) is 0 Å². The molecule has 1 aromatic carbocycles. The van der Waals surface area contributed by atoms with E-state index in [1.54, 1.807) is 23.7 Å². The molecule has 0 saturated carbocycles. The highest BCUT2D eigenvalue weighted by atomic mass is 32.2. The lowest BCUT2D eigenvalue weighted by Gasteiger charge is -2.34. The van der Waals surface area contributed by atoms with E-state index in [0.717, 1.165) is 10.6 Å². The number of aliphatic hydroxyl groups excluding tert-OH is 1. The Morgan fingerprint density at radius 1 is 1.45 bits per heavy atom. The molecule has 0 aromatic heterocycles. The van der Waals surface area contributed by atoms with Crippen molar-refractivity contribution in [3.63, 3.8) is 0 Å². The largest absolute Gasteiger partial charge is 0.394 e. The molecule has 5 heteroatoms. The number of benzene rings is 1. The van der Waals surface area contributed by atoms with E-state index in [4.69, 9.17) is 0 Å². The first kappa shape index (κ1) is 15.1. The summed E-state index contributed by atoms with van der Waals surface area (Å²) in [5.41, 5.74) is 0.490. The zero-order valence-electron chi connectivity index (χ0n) is 12.0. The zero-order chi connectivity index (χ0) is 14.8. The van der Waals surface area contributed by atoms with Gasteiger partial charge in [-0.25, -0.2) is 0 Å². The van der Waals surface area contributed by atoms with Crippen LogP contribution in [0.25, 0.3) is 0 Å². The molecule has 0 bridgehead atoms. The molecule has 0 radical (unpaired) electrons. The predicted octanol–water partition coefficient (Wildman–Crippen LogP) is 1.78. The van der Waals surface area contributed by atoms with Gasteiger partial charge in [-0.15, -0.1) is 11.8 Å². The molecular formula is C15H20N2O2S. The summed E-state index contributed by atoms with van der Waals surface area (Å²) in [6, 6.07) is 9.54. The summed E-state index contributed by atoms with van der Waals surface area (Å²) in [4.78, 5) is 18.5. The number of aliphatic imine (C=N–C) groups is 1. The van der Waals surface area contributed by atoms with Crippen molar-refractivity contribution in [2.24, 2.45) is 4.99 Å². The van der Waals surface area contributed by atoms with E-state index < -0.39 is 5.54 Å². The van der Waals surface area contributed by atoms with Crippen LogP contribution >= 0.6 is 11.8 Å². The third-order valence-corrected chi connectivity index (χ3v) is 4.68. The van der Waals surface area contributed by atoms with Crippen molar-refractivity contribution < 1.29 is 9.90 Å². The van der Waals surface area contributed by atoms with Crippen LogP contribution in [0.3, 0.4) is 0 Å². The van der Waals surface area contributed by atoms with Crippen LogP contribution in [0.15, 0.2) is 35.3 Å². The Kier molecular flexibility index (Phi) is 4.50. The molecule has 1 aliphatic rings. The second kappa shape index (κ2) is 5.97. The second-order valence-corrected chi connectivity index (χ2v) is 6.50. The Hall–Kier alpha value is -1.33. The maximum atomic E-state index is 12.4. The lowest BCUT2D eigenvalue weighted by molar-refractivity contribution is -0.136. The monoisotopic (exact) mass is 292 g/mol. The van der Waals surface area contributed by atoms with Crippen LogP contribution in [0.2, 0.25) is 0 Å². The van der Waals surface area contributed by atoms with Gasteiger partial charge in [0.25, 0.3) is 0 Å². The quantitative estimate of drug-likeness (QED) is 0.920. The first-order chi connectivity index (χ1) is 9.45. The smallest absolute Gasteiger partial charge is 0.248 e. The highest BCUT2D eigenvalue weighted by Gasteiger charge is 2.34. The van der Waals surface area contributed by atoms with Gasteiger partial charge in [-0.2, -0.15) is 0 Å². The van der Waals surface area contributed by atoms with E-state index in [1.165, 1.54) is 0 Å². The molecule has 20 heavy (non-hydrogen) atoms. The molecule has 1 aromatic rings. The molecule has 1 aliphatic heterocycles. The summed E-state index contributed by atoms with van der Waals surface area (Å²) >= 11 is 1.61. The number of carbonyl (C=O) groups excluding carboxylic acids is 1. The normalized spacial score (nSPS) is 18.8. The Labute approximate surface area is 123 Å². The van der Waals surface area contributed by atoms with Crippen molar-refractivity contribution >= 4 is 22.7 Å². The Morgan fingerprint density at radius 3 is 2.70 bits per heavy atom. The molecule has 1 unspecified atom stereocenters. The first-order valence-electron chi connectivity index (χ1n) is 6.60. The maximum absolute atomic E-state index is 12.4. The average Bonchev–Trinajstić information content (AvgIpc) is 2.96. The fourth-order valence-electron chi connectivity index (χ4n) is 1.87. The summed E-state index contributed by atoms with van der Waals surface area (Å²) in [6.07, 6.45) is 0. The Morgan fingerprint density at radius 2 is 2.10 bits per heavy atom. The van der Waals surface area contributed by atoms with Gasteiger partial charge in [0.2, 0.25) is 5.91 Å². The summed E-state index contributed by atoms with van der Waals surface area (Å²) < 4.78 is 0. The highest BCUT2D eigenvalue weighted by Crippen LogP contribution is 2.25. The third-order valence-electron chi connectivity index (χ3n) is 3.58. The number of hydrogen-bond donors (Lipinski definition) is 1. The maximum Gasteiger partial charge on any atom is 0.248 e. The lowest BCUT2D eigenvalue weighted by atomic mass is 10.0. The SMILES string of the molecule is CN(C(=O)C1CSC(c2ccccc2)=N1)C(C)(C)CO. The van der Waals surface area contributed by atoms with E-state index in [9.17, 15) is 9.90 Å². The standard InChI is InChI=1S/C15H20N2O2S/c1-15(2,10-18)17(3)14(19)12-9-20-13(16-12)11-7-5-4-6-8-11/h4-8,12,18H,9-10H2,1-3H3. The topological polar surface area (TPSA) is 52.9 Å². The number of nitrogens with zero attached hydrogens (tertiary/aromatic N) is 2. The fraction of sp³-hybridized carbons (Fsp3) is 0.467. The minimum atomic E-state index is -0.563. The van der Waals surface area contributed by atoms with Gasteiger partial charge in [-0.05, 0) is 13.8 Å². The van der Waals surface area contributed by atoms with Crippen LogP contribution in [-0.2, 0) is 4.79 Å². The second-order valence-electron chi connectivity index (χ2n) is 5.49. The van der Waals surface area contributed by atoms with Gasteiger partial charge in [0.05, 0.1) is 17.2 Å². The number of amides is 1. The van der Waals surface area contributed by atoms with Gasteiger partial charge in [-0.1, -0.05) is 30.3 Å². The van der Waals surface area contributed by atoms with Crippen LogP contribution in [0, 0.1) is 0 Å². The van der Waals surface area contributed by atoms with Crippen molar-refractivity contribution in [2.45, 2.75) is 25.4 Å². The minimum Gasteiger partial charge on any atom is -0.394 e. The van der Waals surface area contributed by atoms with E-state index in [-0.39, 0.29) is 18.6 Å². The summed E-state index contributed by atoms with van der Waals surface area (Å²) in [5, 5.41) is 10.3. The van der Waals surface area contributed by atoms with Gasteiger partial charge in [0.15, 0.2) is 0 Å². The zero-order valence-corrected chi connectivity index (χ0v) is 12.9. The molecule has 1 atom stereocenters. The fourth-order valence-corrected chi connectivity index (χ4v) is 2.90. The van der Waals surface area contributed by atoms with Gasteiger partial charge < -0.3 is 10.0 Å². The van der Waals surface area contributed by atoms with Gasteiger partial charge in [-0.3, -0.25) is 9.79 Å². The van der Waals surface area contributed by atoms with Gasteiger partial charge in [0, 0.05) is 18.4 Å². The molecule has 4 nitrogen and oxygen atoms in total. The number of thioether (sulfide) groups is 1. The van der Waals surface area contributed by atoms with E-state index in [0.29, 0.717) is 5.75 Å². The molecule has 108 valence electrons. The van der Waals surface area contributed by atoms with Crippen molar-refractivity contribution in [1.29, 1.82) is 0 Å². The van der Waals surface area contributed by atoms with Gasteiger partial charge >= 0.3 is 0 Å². The number of carbonyl (C=O) groups is 1. The first-order valence-corrected chi connectivity index (χ1v) is 7.59. The van der Waals surface area contributed by atoms with Crippen molar-refractivity contribution in [2.75, 3.05) is 19.4 Å². The summed E-state index contributed by atoms with van der Waals surface area (Å²) in [6.45, 7) is 3.62.